The van der Waals surface area contributed by atoms with Crippen molar-refractivity contribution in [3.05, 3.63) is 81.7 Å². The number of rotatable bonds is 4. The minimum absolute atomic E-state index is 0.272. The Morgan fingerprint density at radius 1 is 0.469 bits per heavy atom. The molecule has 0 bridgehead atoms. The maximum Gasteiger partial charge on any atom is 0.494 e. The molecule has 0 atom stereocenters. The van der Waals surface area contributed by atoms with E-state index >= 15 is 0 Å². The average molecular weight is 798 g/mol. The van der Waals surface area contributed by atoms with E-state index in [4.69, 9.17) is 9.31 Å². The Labute approximate surface area is 313 Å². The lowest BCUT2D eigenvalue weighted by molar-refractivity contribution is 0.00578. The molecular formula is C39H56BBr2N5O2. The molecular weight excluding hydrogens is 741 g/mol. The molecule has 3 aromatic carbocycles. The van der Waals surface area contributed by atoms with Crippen molar-refractivity contribution in [2.24, 2.45) is 0 Å². The molecule has 49 heavy (non-hydrogen) atoms. The number of piperazine rings is 2. The summed E-state index contributed by atoms with van der Waals surface area (Å²) in [5, 5.41) is 0. The van der Waals surface area contributed by atoms with Crippen molar-refractivity contribution in [2.45, 2.75) is 58.2 Å². The van der Waals surface area contributed by atoms with Gasteiger partial charge >= 0.3 is 7.12 Å². The molecule has 7 rings (SSSR count). The van der Waals surface area contributed by atoms with E-state index in [-0.39, 0.29) is 18.3 Å². The Bertz CT molecular complexity index is 1400. The smallest absolute Gasteiger partial charge is 0.399 e. The van der Waals surface area contributed by atoms with E-state index in [2.05, 4.69) is 171 Å². The highest BCUT2D eigenvalue weighted by molar-refractivity contribution is 9.10. The fraction of sp³-hybridized carbons (Fsp3) is 0.538. The normalized spacial score (nSPS) is 21.1. The van der Waals surface area contributed by atoms with Crippen molar-refractivity contribution >= 4 is 61.5 Å². The fourth-order valence-corrected chi connectivity index (χ4v) is 6.94. The quantitative estimate of drug-likeness (QED) is 0.255. The molecule has 4 aliphatic heterocycles. The van der Waals surface area contributed by atoms with Crippen LogP contribution in [-0.2, 0) is 9.31 Å². The lowest BCUT2D eigenvalue weighted by Crippen LogP contribution is -2.44. The van der Waals surface area contributed by atoms with Gasteiger partial charge < -0.3 is 33.8 Å². The highest BCUT2D eigenvalue weighted by atomic mass is 79.9. The number of hydrogen-bond acceptors (Lipinski definition) is 7. The van der Waals surface area contributed by atoms with Crippen LogP contribution in [0.25, 0.3) is 0 Å². The largest absolute Gasteiger partial charge is 0.494 e. The summed E-state index contributed by atoms with van der Waals surface area (Å²) in [7, 11) is 4.09. The van der Waals surface area contributed by atoms with E-state index in [0.29, 0.717) is 0 Å². The first kappa shape index (κ1) is 38.2. The van der Waals surface area contributed by atoms with Crippen LogP contribution in [0.3, 0.4) is 0 Å². The first-order chi connectivity index (χ1) is 23.4. The van der Waals surface area contributed by atoms with Crippen LogP contribution in [0.5, 0.6) is 0 Å². The van der Waals surface area contributed by atoms with Crippen molar-refractivity contribution in [1.82, 2.24) is 9.80 Å². The Morgan fingerprint density at radius 2 is 0.796 bits per heavy atom. The molecule has 0 N–H and O–H groups in total. The maximum absolute atomic E-state index is 6.11. The Hall–Kier alpha value is -2.08. The minimum Gasteiger partial charge on any atom is -0.399 e. The summed E-state index contributed by atoms with van der Waals surface area (Å²) >= 11 is 6.90. The Morgan fingerprint density at radius 3 is 1.16 bits per heavy atom. The number of anilines is 3. The van der Waals surface area contributed by atoms with Gasteiger partial charge in [0.25, 0.3) is 0 Å². The van der Waals surface area contributed by atoms with Crippen molar-refractivity contribution in [2.75, 3.05) is 94.2 Å². The Kier molecular flexibility index (Phi) is 13.6. The summed E-state index contributed by atoms with van der Waals surface area (Å²) in [6, 6.07) is 25.8. The molecule has 4 heterocycles. The van der Waals surface area contributed by atoms with E-state index < -0.39 is 0 Å². The van der Waals surface area contributed by atoms with Gasteiger partial charge in [-0.25, -0.2) is 0 Å². The van der Waals surface area contributed by atoms with Crippen molar-refractivity contribution in [1.29, 1.82) is 0 Å². The van der Waals surface area contributed by atoms with Gasteiger partial charge in [-0.3, -0.25) is 0 Å². The van der Waals surface area contributed by atoms with Crippen molar-refractivity contribution < 1.29 is 9.31 Å². The third-order valence-corrected chi connectivity index (χ3v) is 11.6. The molecule has 3 aromatic rings. The average Bonchev–Trinajstić information content (AvgIpc) is 3.33. The van der Waals surface area contributed by atoms with E-state index in [9.17, 15) is 0 Å². The summed E-state index contributed by atoms with van der Waals surface area (Å²) in [6.07, 6.45) is 4.08. The minimum atomic E-state index is -0.284. The molecule has 266 valence electrons. The van der Waals surface area contributed by atoms with Crippen LogP contribution in [0.1, 0.15) is 47.0 Å². The standard InChI is InChI=1S/C17H27BN2O2.C11H15BrN2.C11H14BrN/c1-16(2)17(3,4)22-18(21-16)14-6-8-15(9-7-14)20-12-10-19(5)11-13-20;1-13-6-8-14(9-7-13)11-4-2-10(12)3-5-11;12-10-4-6-11(7-5-10)13-8-2-1-3-9-13/h6-9H,10-13H2,1-5H3;2-5H,6-9H2,1H3;4-7H,1-3,8-9H2. The molecule has 0 amide bonds. The second-order valence-corrected chi connectivity index (χ2v) is 16.6. The molecule has 0 radical (unpaired) electrons. The second kappa shape index (κ2) is 17.4. The molecule has 10 heteroatoms. The van der Waals surface area contributed by atoms with Crippen molar-refractivity contribution in [3.8, 4) is 0 Å². The van der Waals surface area contributed by atoms with Gasteiger partial charge in [0.2, 0.25) is 0 Å². The molecule has 0 saturated carbocycles. The summed E-state index contributed by atoms with van der Waals surface area (Å²) < 4.78 is 14.5. The van der Waals surface area contributed by atoms with Crippen LogP contribution < -0.4 is 20.2 Å². The third-order valence-electron chi connectivity index (χ3n) is 10.5. The predicted molar refractivity (Wildman–Crippen MR) is 216 cm³/mol. The van der Waals surface area contributed by atoms with Gasteiger partial charge in [-0.15, -0.1) is 0 Å². The van der Waals surface area contributed by atoms with Gasteiger partial charge in [0, 0.05) is 91.5 Å². The van der Waals surface area contributed by atoms with E-state index in [1.807, 2.05) is 0 Å². The van der Waals surface area contributed by atoms with Crippen LogP contribution in [0, 0.1) is 0 Å². The SMILES string of the molecule is Brc1ccc(N2CCCCC2)cc1.CN1CCN(c2ccc(B3OC(C)(C)C(C)(C)O3)cc2)CC1.CN1CCN(c2ccc(Br)cc2)CC1. The zero-order valence-electron chi connectivity index (χ0n) is 30.5. The van der Waals surface area contributed by atoms with Crippen LogP contribution in [0.4, 0.5) is 17.1 Å². The van der Waals surface area contributed by atoms with Gasteiger partial charge in [-0.2, -0.15) is 0 Å². The predicted octanol–water partition coefficient (Wildman–Crippen LogP) is 7.38. The number of benzene rings is 3. The zero-order valence-corrected chi connectivity index (χ0v) is 33.7. The number of halogens is 2. The molecule has 0 aromatic heterocycles. The second-order valence-electron chi connectivity index (χ2n) is 14.8. The first-order valence-electron chi connectivity index (χ1n) is 18.0. The monoisotopic (exact) mass is 795 g/mol. The van der Waals surface area contributed by atoms with Crippen LogP contribution in [0.2, 0.25) is 0 Å². The zero-order chi connectivity index (χ0) is 35.0. The number of nitrogens with zero attached hydrogens (tertiary/aromatic N) is 5. The van der Waals surface area contributed by atoms with Crippen molar-refractivity contribution in [3.63, 3.8) is 0 Å². The van der Waals surface area contributed by atoms with E-state index in [1.54, 1.807) is 0 Å². The molecule has 0 aliphatic carbocycles. The molecule has 4 aliphatic rings. The maximum atomic E-state index is 6.11. The molecule has 7 nitrogen and oxygen atoms in total. The lowest BCUT2D eigenvalue weighted by atomic mass is 9.79. The van der Waals surface area contributed by atoms with E-state index in [1.165, 1.54) is 49.4 Å². The highest BCUT2D eigenvalue weighted by Gasteiger charge is 2.51. The summed E-state index contributed by atoms with van der Waals surface area (Å²) in [5.74, 6) is 0. The van der Waals surface area contributed by atoms with Gasteiger partial charge in [-0.1, -0.05) is 44.0 Å². The van der Waals surface area contributed by atoms with Crippen LogP contribution >= 0.6 is 31.9 Å². The van der Waals surface area contributed by atoms with Crippen LogP contribution in [0.15, 0.2) is 81.7 Å². The number of hydrogen-bond donors (Lipinski definition) is 0. The Balaban J connectivity index is 0.000000151. The van der Waals surface area contributed by atoms with Crippen LogP contribution in [-0.4, -0.2) is 108 Å². The summed E-state index contributed by atoms with van der Waals surface area (Å²) in [4.78, 5) is 12.1. The number of likely N-dealkylation sites (N-methyl/N-ethyl adjacent to an activating group) is 2. The molecule has 0 spiro atoms. The molecule has 4 saturated heterocycles. The summed E-state index contributed by atoms with van der Waals surface area (Å²) in [5.41, 5.74) is 4.51. The molecule has 4 fully saturated rings. The van der Waals surface area contributed by atoms with E-state index in [0.717, 1.165) is 66.8 Å². The third kappa shape index (κ3) is 10.7. The van der Waals surface area contributed by atoms with Gasteiger partial charge in [0.15, 0.2) is 0 Å². The van der Waals surface area contributed by atoms with Gasteiger partial charge in [0.05, 0.1) is 11.2 Å². The fourth-order valence-electron chi connectivity index (χ4n) is 6.41. The van der Waals surface area contributed by atoms with Gasteiger partial charge in [-0.05, 0) is 127 Å². The molecule has 0 unspecified atom stereocenters. The highest BCUT2D eigenvalue weighted by Crippen LogP contribution is 2.36. The lowest BCUT2D eigenvalue weighted by Gasteiger charge is -2.34. The topological polar surface area (TPSA) is 34.7 Å². The summed E-state index contributed by atoms with van der Waals surface area (Å²) in [6.45, 7) is 19.8. The number of piperidine rings is 1. The van der Waals surface area contributed by atoms with Gasteiger partial charge in [0.1, 0.15) is 0 Å². The first-order valence-corrected chi connectivity index (χ1v) is 19.6.